The van der Waals surface area contributed by atoms with Gasteiger partial charge in [-0.3, -0.25) is 11.3 Å². The van der Waals surface area contributed by atoms with Crippen molar-refractivity contribution in [3.05, 3.63) is 33.8 Å². The van der Waals surface area contributed by atoms with Crippen LogP contribution in [0.2, 0.25) is 10.0 Å². The molecule has 0 heterocycles. The second kappa shape index (κ2) is 5.68. The number of halogens is 2. The van der Waals surface area contributed by atoms with Gasteiger partial charge in [-0.25, -0.2) is 0 Å². The molecule has 3 nitrogen and oxygen atoms in total. The van der Waals surface area contributed by atoms with Crippen molar-refractivity contribution in [3.63, 3.8) is 0 Å². The number of hydrogen-bond acceptors (Lipinski definition) is 3. The molecule has 0 saturated heterocycles. The minimum Gasteiger partial charge on any atom is -0.380 e. The predicted molar refractivity (Wildman–Crippen MR) is 63.0 cm³/mol. The third-order valence-corrected chi connectivity index (χ3v) is 3.17. The maximum atomic E-state index is 6.08. The largest absolute Gasteiger partial charge is 0.380 e. The summed E-state index contributed by atoms with van der Waals surface area (Å²) in [6.45, 7) is 1.90. The zero-order valence-corrected chi connectivity index (χ0v) is 10.1. The van der Waals surface area contributed by atoms with E-state index >= 15 is 0 Å². The van der Waals surface area contributed by atoms with Gasteiger partial charge >= 0.3 is 0 Å². The fourth-order valence-electron chi connectivity index (χ4n) is 1.37. The molecule has 0 radical (unpaired) electrons. The average molecular weight is 249 g/mol. The Labute approximate surface area is 99.5 Å². The molecule has 0 aliphatic rings. The van der Waals surface area contributed by atoms with Crippen molar-refractivity contribution in [1.29, 1.82) is 0 Å². The molecule has 0 bridgehead atoms. The van der Waals surface area contributed by atoms with E-state index in [0.717, 1.165) is 5.56 Å². The topological polar surface area (TPSA) is 47.3 Å². The van der Waals surface area contributed by atoms with Gasteiger partial charge < -0.3 is 4.74 Å². The van der Waals surface area contributed by atoms with E-state index in [1.54, 1.807) is 13.2 Å². The molecule has 2 unspecified atom stereocenters. The first kappa shape index (κ1) is 12.7. The van der Waals surface area contributed by atoms with Crippen LogP contribution in [0.25, 0.3) is 0 Å². The van der Waals surface area contributed by atoms with Gasteiger partial charge in [0.1, 0.15) is 0 Å². The van der Waals surface area contributed by atoms with Crippen LogP contribution in [0.1, 0.15) is 18.5 Å². The second-order valence-electron chi connectivity index (χ2n) is 3.23. The molecule has 1 aromatic carbocycles. The number of nitrogens with two attached hydrogens (primary N) is 1. The monoisotopic (exact) mass is 248 g/mol. The lowest BCUT2D eigenvalue weighted by molar-refractivity contribution is 0.0831. The molecule has 0 aromatic heterocycles. The van der Waals surface area contributed by atoms with Crippen LogP contribution in [0.15, 0.2) is 18.2 Å². The Kier molecular flexibility index (Phi) is 4.83. The van der Waals surface area contributed by atoms with E-state index in [1.165, 1.54) is 0 Å². The van der Waals surface area contributed by atoms with E-state index < -0.39 is 0 Å². The molecule has 2 atom stereocenters. The summed E-state index contributed by atoms with van der Waals surface area (Å²) >= 11 is 12.0. The normalized spacial score (nSPS) is 15.0. The molecule has 1 aromatic rings. The van der Waals surface area contributed by atoms with Crippen molar-refractivity contribution in [3.8, 4) is 0 Å². The molecule has 1 rings (SSSR count). The number of benzene rings is 1. The van der Waals surface area contributed by atoms with Gasteiger partial charge in [0.05, 0.1) is 22.2 Å². The molecule has 5 heteroatoms. The van der Waals surface area contributed by atoms with Gasteiger partial charge in [-0.2, -0.15) is 0 Å². The van der Waals surface area contributed by atoms with Crippen LogP contribution < -0.4 is 11.3 Å². The third-order valence-electron chi connectivity index (χ3n) is 2.34. The van der Waals surface area contributed by atoms with Crippen LogP contribution in [0.3, 0.4) is 0 Å². The minimum atomic E-state index is -0.179. The maximum absolute atomic E-state index is 6.08. The van der Waals surface area contributed by atoms with Gasteiger partial charge in [0.2, 0.25) is 0 Å². The standard InChI is InChI=1S/C10H14Cl2N2O/c1-6(15-2)10(14-13)7-4-3-5-8(11)9(7)12/h3-6,10,14H,13H2,1-2H3. The summed E-state index contributed by atoms with van der Waals surface area (Å²) in [6.07, 6.45) is -0.0917. The lowest BCUT2D eigenvalue weighted by Crippen LogP contribution is -2.36. The molecular weight excluding hydrogens is 235 g/mol. The van der Waals surface area contributed by atoms with E-state index in [2.05, 4.69) is 5.43 Å². The summed E-state index contributed by atoms with van der Waals surface area (Å²) in [7, 11) is 1.62. The first-order valence-electron chi connectivity index (χ1n) is 4.54. The third kappa shape index (κ3) is 2.83. The molecule has 0 spiro atoms. The van der Waals surface area contributed by atoms with Crippen molar-refractivity contribution in [2.45, 2.75) is 19.1 Å². The van der Waals surface area contributed by atoms with Crippen LogP contribution in [0.4, 0.5) is 0 Å². The van der Waals surface area contributed by atoms with Gasteiger partial charge in [0, 0.05) is 7.11 Å². The Morgan fingerprint density at radius 3 is 2.60 bits per heavy atom. The Bertz CT molecular complexity index is 333. The Morgan fingerprint density at radius 2 is 2.07 bits per heavy atom. The molecule has 0 aliphatic carbocycles. The van der Waals surface area contributed by atoms with Crippen LogP contribution >= 0.6 is 23.2 Å². The van der Waals surface area contributed by atoms with E-state index in [1.807, 2.05) is 19.1 Å². The van der Waals surface area contributed by atoms with E-state index in [0.29, 0.717) is 10.0 Å². The number of nitrogens with one attached hydrogen (secondary N) is 1. The van der Waals surface area contributed by atoms with Crippen molar-refractivity contribution in [2.75, 3.05) is 7.11 Å². The number of hydrogen-bond donors (Lipinski definition) is 2. The lowest BCUT2D eigenvalue weighted by Gasteiger charge is -2.23. The van der Waals surface area contributed by atoms with Crippen molar-refractivity contribution in [2.24, 2.45) is 5.84 Å². The van der Waals surface area contributed by atoms with Gasteiger partial charge in [-0.1, -0.05) is 35.3 Å². The summed E-state index contributed by atoms with van der Waals surface area (Å²) in [4.78, 5) is 0. The molecular formula is C10H14Cl2N2O. The number of rotatable bonds is 4. The number of ether oxygens (including phenoxy) is 1. The van der Waals surface area contributed by atoms with E-state index in [4.69, 9.17) is 33.8 Å². The van der Waals surface area contributed by atoms with Crippen molar-refractivity contribution < 1.29 is 4.74 Å². The Hall–Kier alpha value is -0.320. The highest BCUT2D eigenvalue weighted by Gasteiger charge is 2.20. The highest BCUT2D eigenvalue weighted by Crippen LogP contribution is 2.31. The summed E-state index contributed by atoms with van der Waals surface area (Å²) in [6, 6.07) is 5.25. The molecule has 3 N–H and O–H groups in total. The first-order valence-corrected chi connectivity index (χ1v) is 5.30. The van der Waals surface area contributed by atoms with Gasteiger partial charge in [-0.15, -0.1) is 0 Å². The average Bonchev–Trinajstić information content (AvgIpc) is 2.24. The zero-order chi connectivity index (χ0) is 11.4. The van der Waals surface area contributed by atoms with Gasteiger partial charge in [-0.05, 0) is 18.6 Å². The first-order chi connectivity index (χ1) is 7.11. The quantitative estimate of drug-likeness (QED) is 0.636. The van der Waals surface area contributed by atoms with Crippen LogP contribution in [-0.2, 0) is 4.74 Å². The molecule has 0 saturated carbocycles. The lowest BCUT2D eigenvalue weighted by atomic mass is 10.0. The molecule has 0 fully saturated rings. The van der Waals surface area contributed by atoms with E-state index in [9.17, 15) is 0 Å². The van der Waals surface area contributed by atoms with Crippen LogP contribution in [0, 0.1) is 0 Å². The number of hydrazine groups is 1. The molecule has 84 valence electrons. The van der Waals surface area contributed by atoms with Gasteiger partial charge in [0.15, 0.2) is 0 Å². The minimum absolute atomic E-state index is 0.0917. The Morgan fingerprint density at radius 1 is 1.40 bits per heavy atom. The maximum Gasteiger partial charge on any atom is 0.0751 e. The molecule has 0 aliphatic heterocycles. The smallest absolute Gasteiger partial charge is 0.0751 e. The van der Waals surface area contributed by atoms with Crippen molar-refractivity contribution in [1.82, 2.24) is 5.43 Å². The van der Waals surface area contributed by atoms with Crippen LogP contribution in [0.5, 0.6) is 0 Å². The zero-order valence-electron chi connectivity index (χ0n) is 8.63. The highest BCUT2D eigenvalue weighted by atomic mass is 35.5. The summed E-state index contributed by atoms with van der Waals surface area (Å²) < 4.78 is 5.21. The molecule has 0 amide bonds. The summed E-state index contributed by atoms with van der Waals surface area (Å²) in [5, 5.41) is 1.02. The Balaban J connectivity index is 3.07. The predicted octanol–water partition coefficient (Wildman–Crippen LogP) is 2.53. The van der Waals surface area contributed by atoms with E-state index in [-0.39, 0.29) is 12.1 Å². The second-order valence-corrected chi connectivity index (χ2v) is 4.01. The highest BCUT2D eigenvalue weighted by molar-refractivity contribution is 6.42. The SMILES string of the molecule is COC(C)C(NN)c1cccc(Cl)c1Cl. The fraction of sp³-hybridized carbons (Fsp3) is 0.400. The van der Waals surface area contributed by atoms with Crippen molar-refractivity contribution >= 4 is 23.2 Å². The van der Waals surface area contributed by atoms with Crippen LogP contribution in [-0.4, -0.2) is 13.2 Å². The summed E-state index contributed by atoms with van der Waals surface area (Å²) in [5.41, 5.74) is 3.50. The number of methoxy groups -OCH3 is 1. The molecule has 15 heavy (non-hydrogen) atoms. The summed E-state index contributed by atoms with van der Waals surface area (Å²) in [5.74, 6) is 5.47. The fourth-order valence-corrected chi connectivity index (χ4v) is 1.80. The van der Waals surface area contributed by atoms with Gasteiger partial charge in [0.25, 0.3) is 0 Å².